The summed E-state index contributed by atoms with van der Waals surface area (Å²) in [7, 11) is 4.53. The van der Waals surface area contributed by atoms with E-state index in [1.165, 1.54) is 71.1 Å². The van der Waals surface area contributed by atoms with Crippen molar-refractivity contribution in [3.05, 3.63) is 0 Å². The van der Waals surface area contributed by atoms with Crippen LogP contribution in [0.5, 0.6) is 0 Å². The van der Waals surface area contributed by atoms with E-state index in [0.717, 1.165) is 5.92 Å². The van der Waals surface area contributed by atoms with Gasteiger partial charge in [0.15, 0.2) is 0 Å². The van der Waals surface area contributed by atoms with Crippen LogP contribution < -0.4 is 5.32 Å². The van der Waals surface area contributed by atoms with Crippen molar-refractivity contribution in [2.24, 2.45) is 5.92 Å². The van der Waals surface area contributed by atoms with E-state index in [1.807, 2.05) is 0 Å². The maximum absolute atomic E-state index is 3.90. The third-order valence-electron chi connectivity index (χ3n) is 6.12. The predicted octanol–water partition coefficient (Wildman–Crippen LogP) is 2.96. The molecule has 1 unspecified atom stereocenters. The summed E-state index contributed by atoms with van der Waals surface area (Å²) >= 11 is 0. The molecule has 2 aliphatic rings. The lowest BCUT2D eigenvalue weighted by Crippen LogP contribution is -2.53. The van der Waals surface area contributed by atoms with Crippen LogP contribution in [0, 0.1) is 5.92 Å². The smallest absolute Gasteiger partial charge is 0.0327 e. The van der Waals surface area contributed by atoms with Crippen molar-refractivity contribution in [3.8, 4) is 0 Å². The number of hydrogen-bond donors (Lipinski definition) is 1. The standard InChI is InChI=1S/C18H37N3/c1-5-12-21-13-8-17(9-14-21)16(2)19-15-18(20(3)4)10-6-7-11-18/h16-17,19H,5-15H2,1-4H3. The summed E-state index contributed by atoms with van der Waals surface area (Å²) in [5, 5.41) is 3.90. The molecule has 1 aliphatic heterocycles. The van der Waals surface area contributed by atoms with Crippen molar-refractivity contribution in [1.82, 2.24) is 15.1 Å². The Morgan fingerprint density at radius 2 is 1.81 bits per heavy atom. The van der Waals surface area contributed by atoms with Gasteiger partial charge in [0.2, 0.25) is 0 Å². The Hall–Kier alpha value is -0.120. The first kappa shape index (κ1) is 17.2. The average Bonchev–Trinajstić information content (AvgIpc) is 2.96. The van der Waals surface area contributed by atoms with Crippen LogP contribution in [0.25, 0.3) is 0 Å². The minimum absolute atomic E-state index is 0.428. The lowest BCUT2D eigenvalue weighted by atomic mass is 9.89. The Labute approximate surface area is 132 Å². The number of nitrogens with one attached hydrogen (secondary N) is 1. The fourth-order valence-electron chi connectivity index (χ4n) is 4.33. The van der Waals surface area contributed by atoms with Crippen LogP contribution in [0.2, 0.25) is 0 Å². The molecule has 0 radical (unpaired) electrons. The molecule has 0 amide bonds. The van der Waals surface area contributed by atoms with Gasteiger partial charge in [0.25, 0.3) is 0 Å². The number of rotatable bonds is 7. The molecule has 1 saturated heterocycles. The van der Waals surface area contributed by atoms with Crippen LogP contribution in [-0.4, -0.2) is 61.7 Å². The maximum Gasteiger partial charge on any atom is 0.0327 e. The maximum atomic E-state index is 3.90. The number of hydrogen-bond acceptors (Lipinski definition) is 3. The lowest BCUT2D eigenvalue weighted by Gasteiger charge is -2.40. The van der Waals surface area contributed by atoms with Crippen molar-refractivity contribution in [1.29, 1.82) is 0 Å². The van der Waals surface area contributed by atoms with Gasteiger partial charge in [0.1, 0.15) is 0 Å². The molecule has 1 saturated carbocycles. The van der Waals surface area contributed by atoms with Gasteiger partial charge in [-0.25, -0.2) is 0 Å². The summed E-state index contributed by atoms with van der Waals surface area (Å²) in [6.45, 7) is 9.79. The van der Waals surface area contributed by atoms with Gasteiger partial charge in [0.05, 0.1) is 0 Å². The van der Waals surface area contributed by atoms with Gasteiger partial charge < -0.3 is 15.1 Å². The Bertz CT molecular complexity index is 289. The van der Waals surface area contributed by atoms with Gasteiger partial charge in [-0.15, -0.1) is 0 Å². The number of piperidine rings is 1. The van der Waals surface area contributed by atoms with E-state index in [9.17, 15) is 0 Å². The van der Waals surface area contributed by atoms with E-state index in [4.69, 9.17) is 0 Å². The second-order valence-electron chi connectivity index (χ2n) is 7.67. The van der Waals surface area contributed by atoms with Gasteiger partial charge in [-0.2, -0.15) is 0 Å². The highest BCUT2D eigenvalue weighted by Crippen LogP contribution is 2.33. The zero-order valence-corrected chi connectivity index (χ0v) is 14.8. The Morgan fingerprint density at radius 3 is 2.33 bits per heavy atom. The van der Waals surface area contributed by atoms with Crippen LogP contribution in [0.1, 0.15) is 58.8 Å². The van der Waals surface area contributed by atoms with Crippen molar-refractivity contribution in [2.75, 3.05) is 40.3 Å². The fourth-order valence-corrected chi connectivity index (χ4v) is 4.33. The summed E-state index contributed by atoms with van der Waals surface area (Å²) < 4.78 is 0. The highest BCUT2D eigenvalue weighted by Gasteiger charge is 2.36. The molecule has 1 atom stereocenters. The summed E-state index contributed by atoms with van der Waals surface area (Å²) in [6, 6.07) is 0.672. The van der Waals surface area contributed by atoms with Crippen molar-refractivity contribution in [3.63, 3.8) is 0 Å². The summed E-state index contributed by atoms with van der Waals surface area (Å²) in [4.78, 5) is 5.12. The number of likely N-dealkylation sites (tertiary alicyclic amines) is 1. The zero-order valence-electron chi connectivity index (χ0n) is 14.8. The second kappa shape index (κ2) is 7.94. The zero-order chi connectivity index (χ0) is 15.3. The molecule has 0 bridgehead atoms. The molecule has 124 valence electrons. The third-order valence-corrected chi connectivity index (χ3v) is 6.12. The van der Waals surface area contributed by atoms with Crippen LogP contribution in [0.15, 0.2) is 0 Å². The SMILES string of the molecule is CCCN1CCC(C(C)NCC2(N(C)C)CCCC2)CC1. The van der Waals surface area contributed by atoms with Gasteiger partial charge in [0, 0.05) is 18.1 Å². The van der Waals surface area contributed by atoms with Gasteiger partial charge in [-0.1, -0.05) is 19.8 Å². The quantitative estimate of drug-likeness (QED) is 0.779. The van der Waals surface area contributed by atoms with E-state index in [0.29, 0.717) is 11.6 Å². The number of nitrogens with zero attached hydrogens (tertiary/aromatic N) is 2. The fraction of sp³-hybridized carbons (Fsp3) is 1.00. The highest BCUT2D eigenvalue weighted by atomic mass is 15.2. The monoisotopic (exact) mass is 295 g/mol. The van der Waals surface area contributed by atoms with Crippen molar-refractivity contribution in [2.45, 2.75) is 70.4 Å². The molecule has 1 aliphatic carbocycles. The Kier molecular flexibility index (Phi) is 6.51. The molecule has 3 heteroatoms. The molecule has 3 nitrogen and oxygen atoms in total. The minimum atomic E-state index is 0.428. The lowest BCUT2D eigenvalue weighted by molar-refractivity contribution is 0.128. The van der Waals surface area contributed by atoms with Crippen molar-refractivity contribution >= 4 is 0 Å². The van der Waals surface area contributed by atoms with E-state index in [-0.39, 0.29) is 0 Å². The van der Waals surface area contributed by atoms with Crippen LogP contribution in [0.4, 0.5) is 0 Å². The van der Waals surface area contributed by atoms with Gasteiger partial charge >= 0.3 is 0 Å². The molecule has 0 aromatic rings. The molecule has 0 aromatic heterocycles. The van der Waals surface area contributed by atoms with Crippen molar-refractivity contribution < 1.29 is 0 Å². The Balaban J connectivity index is 1.75. The average molecular weight is 296 g/mol. The Morgan fingerprint density at radius 1 is 1.19 bits per heavy atom. The van der Waals surface area contributed by atoms with E-state index >= 15 is 0 Å². The molecule has 1 heterocycles. The van der Waals surface area contributed by atoms with E-state index < -0.39 is 0 Å². The third kappa shape index (κ3) is 4.43. The first-order valence-corrected chi connectivity index (χ1v) is 9.20. The minimum Gasteiger partial charge on any atom is -0.312 e. The molecule has 2 rings (SSSR count). The molecular weight excluding hydrogens is 258 g/mol. The normalized spacial score (nSPS) is 25.6. The van der Waals surface area contributed by atoms with E-state index in [2.05, 4.69) is 43.1 Å². The molecule has 21 heavy (non-hydrogen) atoms. The second-order valence-corrected chi connectivity index (χ2v) is 7.67. The summed E-state index contributed by atoms with van der Waals surface area (Å²) in [5.74, 6) is 0.874. The summed E-state index contributed by atoms with van der Waals surface area (Å²) in [6.07, 6.45) is 9.60. The van der Waals surface area contributed by atoms with Gasteiger partial charge in [-0.3, -0.25) is 0 Å². The molecule has 0 spiro atoms. The van der Waals surface area contributed by atoms with E-state index in [1.54, 1.807) is 0 Å². The molecule has 1 N–H and O–H groups in total. The number of likely N-dealkylation sites (N-methyl/N-ethyl adjacent to an activating group) is 1. The predicted molar refractivity (Wildman–Crippen MR) is 91.8 cm³/mol. The largest absolute Gasteiger partial charge is 0.312 e. The molecule has 0 aromatic carbocycles. The first-order chi connectivity index (χ1) is 10.1. The summed E-state index contributed by atoms with van der Waals surface area (Å²) in [5.41, 5.74) is 0.428. The molecule has 2 fully saturated rings. The first-order valence-electron chi connectivity index (χ1n) is 9.20. The van der Waals surface area contributed by atoms with Gasteiger partial charge in [-0.05, 0) is 78.7 Å². The van der Waals surface area contributed by atoms with Crippen LogP contribution >= 0.6 is 0 Å². The van der Waals surface area contributed by atoms with Crippen LogP contribution in [-0.2, 0) is 0 Å². The van der Waals surface area contributed by atoms with Crippen LogP contribution in [0.3, 0.4) is 0 Å². The topological polar surface area (TPSA) is 18.5 Å². The molecular formula is C18H37N3. The highest BCUT2D eigenvalue weighted by molar-refractivity contribution is 4.95.